The lowest BCUT2D eigenvalue weighted by atomic mass is 10.1. The molecule has 1 amide bonds. The third-order valence-corrected chi connectivity index (χ3v) is 4.31. The predicted molar refractivity (Wildman–Crippen MR) is 106 cm³/mol. The molecular weight excluding hydrogens is 357 g/mol. The average Bonchev–Trinajstić information content (AvgIpc) is 3.02. The molecule has 2 aromatic carbocycles. The van der Waals surface area contributed by atoms with E-state index in [1.165, 1.54) is 5.56 Å². The van der Waals surface area contributed by atoms with E-state index < -0.39 is 6.04 Å². The van der Waals surface area contributed by atoms with Crippen molar-refractivity contribution in [3.63, 3.8) is 0 Å². The minimum Gasteiger partial charge on any atom is -0.350 e. The number of amides is 1. The molecule has 1 heterocycles. The number of hydrogen-bond acceptors (Lipinski definition) is 3. The minimum atomic E-state index is -0.598. The zero-order valence-corrected chi connectivity index (χ0v) is 15.6. The van der Waals surface area contributed by atoms with Gasteiger partial charge in [0.05, 0.1) is 0 Å². The van der Waals surface area contributed by atoms with Gasteiger partial charge in [-0.05, 0) is 17.5 Å². The molecule has 0 bridgehead atoms. The number of likely N-dealkylation sites (tertiary alicyclic amines) is 1. The van der Waals surface area contributed by atoms with Gasteiger partial charge >= 0.3 is 0 Å². The second-order valence-electron chi connectivity index (χ2n) is 6.10. The average molecular weight is 382 g/mol. The molecule has 6 heteroatoms. The molecule has 0 aliphatic carbocycles. The molecule has 3 N–H and O–H groups in total. The van der Waals surface area contributed by atoms with Crippen molar-refractivity contribution in [2.75, 3.05) is 13.1 Å². The largest absolute Gasteiger partial charge is 0.350 e. The maximum absolute atomic E-state index is 12.3. The molecule has 25 heavy (non-hydrogen) atoms. The number of hydrogen-bond donors (Lipinski definition) is 2. The molecule has 2 unspecified atom stereocenters. The van der Waals surface area contributed by atoms with E-state index in [1.54, 1.807) is 0 Å². The van der Waals surface area contributed by atoms with Gasteiger partial charge in [-0.25, -0.2) is 0 Å². The summed E-state index contributed by atoms with van der Waals surface area (Å²) in [5.41, 5.74) is 8.21. The first-order valence-corrected chi connectivity index (χ1v) is 8.09. The Morgan fingerprint density at radius 2 is 1.68 bits per heavy atom. The van der Waals surface area contributed by atoms with Crippen molar-refractivity contribution in [1.82, 2.24) is 10.2 Å². The molecule has 0 spiro atoms. The van der Waals surface area contributed by atoms with Gasteiger partial charge in [0.15, 0.2) is 0 Å². The molecule has 3 rings (SSSR count). The van der Waals surface area contributed by atoms with Gasteiger partial charge in [0.1, 0.15) is 6.04 Å². The number of rotatable bonds is 5. The van der Waals surface area contributed by atoms with E-state index in [2.05, 4.69) is 34.5 Å². The molecule has 136 valence electrons. The third kappa shape index (κ3) is 6.01. The van der Waals surface area contributed by atoms with Gasteiger partial charge in [0, 0.05) is 25.7 Å². The lowest BCUT2D eigenvalue weighted by molar-refractivity contribution is -0.123. The van der Waals surface area contributed by atoms with Crippen LogP contribution in [0.1, 0.15) is 23.6 Å². The van der Waals surface area contributed by atoms with E-state index in [0.717, 1.165) is 31.6 Å². The van der Waals surface area contributed by atoms with Crippen LogP contribution in [-0.2, 0) is 11.3 Å². The van der Waals surface area contributed by atoms with Gasteiger partial charge in [-0.2, -0.15) is 0 Å². The van der Waals surface area contributed by atoms with Gasteiger partial charge in [0.25, 0.3) is 0 Å². The summed E-state index contributed by atoms with van der Waals surface area (Å²) < 4.78 is 0. The van der Waals surface area contributed by atoms with E-state index in [-0.39, 0.29) is 36.8 Å². The smallest absolute Gasteiger partial charge is 0.241 e. The summed E-state index contributed by atoms with van der Waals surface area (Å²) >= 11 is 0. The summed E-state index contributed by atoms with van der Waals surface area (Å²) in [5.74, 6) is -0.0947. The molecular formula is C19H25Cl2N3O. The standard InChI is InChI=1S/C19H23N3O.2ClH/c20-18(16-9-5-2-6-10-16)19(23)21-17-11-12-22(14-17)13-15-7-3-1-4-8-15;;/h1-10,17-18H,11-14,20H2,(H,21,23);2*1H. The van der Waals surface area contributed by atoms with Crippen LogP contribution >= 0.6 is 24.8 Å². The summed E-state index contributed by atoms with van der Waals surface area (Å²) in [6.07, 6.45) is 0.972. The SMILES string of the molecule is Cl.Cl.NC(C(=O)NC1CCN(Cc2ccccc2)C1)c1ccccc1. The van der Waals surface area contributed by atoms with Crippen LogP contribution in [0, 0.1) is 0 Å². The number of nitrogens with zero attached hydrogens (tertiary/aromatic N) is 1. The number of nitrogens with two attached hydrogens (primary N) is 1. The second kappa shape index (κ2) is 10.4. The zero-order chi connectivity index (χ0) is 16.1. The van der Waals surface area contributed by atoms with Gasteiger partial charge in [-0.1, -0.05) is 60.7 Å². The first kappa shape index (κ1) is 21.5. The zero-order valence-electron chi connectivity index (χ0n) is 14.0. The fourth-order valence-corrected chi connectivity index (χ4v) is 3.04. The fourth-order valence-electron chi connectivity index (χ4n) is 3.04. The van der Waals surface area contributed by atoms with Crippen molar-refractivity contribution in [3.8, 4) is 0 Å². The molecule has 1 aliphatic heterocycles. The second-order valence-corrected chi connectivity index (χ2v) is 6.10. The normalized spacial score (nSPS) is 17.9. The highest BCUT2D eigenvalue weighted by molar-refractivity contribution is 5.85. The van der Waals surface area contributed by atoms with Crippen molar-refractivity contribution in [2.45, 2.75) is 25.0 Å². The number of nitrogens with one attached hydrogen (secondary N) is 1. The molecule has 2 aromatic rings. The Morgan fingerprint density at radius 1 is 1.08 bits per heavy atom. The van der Waals surface area contributed by atoms with Crippen LogP contribution in [-0.4, -0.2) is 29.9 Å². The van der Waals surface area contributed by atoms with Gasteiger partial charge in [0.2, 0.25) is 5.91 Å². The van der Waals surface area contributed by atoms with Crippen LogP contribution in [0.3, 0.4) is 0 Å². The van der Waals surface area contributed by atoms with Gasteiger partial charge in [-0.15, -0.1) is 24.8 Å². The highest BCUT2D eigenvalue weighted by Gasteiger charge is 2.26. The van der Waals surface area contributed by atoms with Crippen LogP contribution in [0.2, 0.25) is 0 Å². The van der Waals surface area contributed by atoms with E-state index in [0.29, 0.717) is 0 Å². The van der Waals surface area contributed by atoms with Crippen molar-refractivity contribution in [1.29, 1.82) is 0 Å². The monoisotopic (exact) mass is 381 g/mol. The maximum Gasteiger partial charge on any atom is 0.241 e. The van der Waals surface area contributed by atoms with Crippen molar-refractivity contribution < 1.29 is 4.79 Å². The Kier molecular flexibility index (Phi) is 8.93. The van der Waals surface area contributed by atoms with E-state index in [1.807, 2.05) is 36.4 Å². The Balaban J connectivity index is 0.00000156. The third-order valence-electron chi connectivity index (χ3n) is 4.31. The van der Waals surface area contributed by atoms with Gasteiger partial charge < -0.3 is 11.1 Å². The molecule has 0 radical (unpaired) electrons. The van der Waals surface area contributed by atoms with Crippen molar-refractivity contribution in [3.05, 3.63) is 71.8 Å². The summed E-state index contributed by atoms with van der Waals surface area (Å²) in [6, 6.07) is 19.5. The highest BCUT2D eigenvalue weighted by Crippen LogP contribution is 2.15. The summed E-state index contributed by atoms with van der Waals surface area (Å²) in [4.78, 5) is 14.7. The Labute approximate surface area is 161 Å². The quantitative estimate of drug-likeness (QED) is 0.836. The fraction of sp³-hybridized carbons (Fsp3) is 0.316. The van der Waals surface area contributed by atoms with E-state index >= 15 is 0 Å². The number of carbonyl (C=O) groups excluding carboxylic acids is 1. The highest BCUT2D eigenvalue weighted by atomic mass is 35.5. The first-order chi connectivity index (χ1) is 11.2. The first-order valence-electron chi connectivity index (χ1n) is 8.09. The maximum atomic E-state index is 12.3. The van der Waals surface area contributed by atoms with Crippen LogP contribution in [0.4, 0.5) is 0 Å². The van der Waals surface area contributed by atoms with E-state index in [4.69, 9.17) is 5.73 Å². The van der Waals surface area contributed by atoms with Gasteiger partial charge in [-0.3, -0.25) is 9.69 Å². The molecule has 0 saturated carbocycles. The van der Waals surface area contributed by atoms with Crippen LogP contribution in [0.5, 0.6) is 0 Å². The summed E-state index contributed by atoms with van der Waals surface area (Å²) in [7, 11) is 0. The summed E-state index contributed by atoms with van der Waals surface area (Å²) in [6.45, 7) is 2.81. The van der Waals surface area contributed by atoms with Crippen molar-refractivity contribution >= 4 is 30.7 Å². The lowest BCUT2D eigenvalue weighted by Crippen LogP contribution is -2.42. The van der Waals surface area contributed by atoms with Crippen LogP contribution < -0.4 is 11.1 Å². The van der Waals surface area contributed by atoms with Crippen LogP contribution in [0.15, 0.2) is 60.7 Å². The molecule has 4 nitrogen and oxygen atoms in total. The van der Waals surface area contributed by atoms with E-state index in [9.17, 15) is 4.79 Å². The molecule has 1 saturated heterocycles. The molecule has 1 aliphatic rings. The predicted octanol–water partition coefficient (Wildman–Crippen LogP) is 2.92. The lowest BCUT2D eigenvalue weighted by Gasteiger charge is -2.19. The topological polar surface area (TPSA) is 58.4 Å². The molecule has 2 atom stereocenters. The number of benzene rings is 2. The van der Waals surface area contributed by atoms with Crippen LogP contribution in [0.25, 0.3) is 0 Å². The molecule has 1 fully saturated rings. The molecule has 0 aromatic heterocycles. The Hall–Kier alpha value is -1.59. The van der Waals surface area contributed by atoms with Crippen molar-refractivity contribution in [2.24, 2.45) is 5.73 Å². The minimum absolute atomic E-state index is 0. The Bertz CT molecular complexity index is 640. The number of carbonyl (C=O) groups is 1. The Morgan fingerprint density at radius 3 is 2.32 bits per heavy atom. The summed E-state index contributed by atoms with van der Waals surface area (Å²) in [5, 5.41) is 3.09. The number of halogens is 2.